The van der Waals surface area contributed by atoms with Gasteiger partial charge in [-0.2, -0.15) is 0 Å². The van der Waals surface area contributed by atoms with Gasteiger partial charge in [-0.05, 0) is 35.7 Å². The lowest BCUT2D eigenvalue weighted by Crippen LogP contribution is -2.13. The van der Waals surface area contributed by atoms with Crippen LogP contribution in [0.1, 0.15) is 4.88 Å². The van der Waals surface area contributed by atoms with E-state index in [1.807, 2.05) is 0 Å². The molecule has 1 aromatic heterocycles. The van der Waals surface area contributed by atoms with Crippen LogP contribution in [0.5, 0.6) is 0 Å². The van der Waals surface area contributed by atoms with Crippen molar-refractivity contribution < 1.29 is 17.9 Å². The van der Waals surface area contributed by atoms with Gasteiger partial charge in [0, 0.05) is 5.69 Å². The predicted molar refractivity (Wildman–Crippen MR) is 67.5 cm³/mol. The zero-order valence-electron chi connectivity index (χ0n) is 9.13. The number of hydrogen-bond donors (Lipinski definition) is 2. The Hall–Kier alpha value is -1.44. The van der Waals surface area contributed by atoms with Gasteiger partial charge in [0.15, 0.2) is 0 Å². The molecule has 4 nitrogen and oxygen atoms in total. The van der Waals surface area contributed by atoms with E-state index in [0.29, 0.717) is 4.88 Å². The zero-order valence-corrected chi connectivity index (χ0v) is 10.8. The summed E-state index contributed by atoms with van der Waals surface area (Å²) in [5.74, 6) is -0.440. The number of halogens is 1. The highest BCUT2D eigenvalue weighted by molar-refractivity contribution is 7.93. The average molecular weight is 287 g/mol. The third-order valence-corrected chi connectivity index (χ3v) is 4.73. The lowest BCUT2D eigenvalue weighted by Gasteiger charge is -2.07. The first-order chi connectivity index (χ1) is 8.53. The molecule has 0 fully saturated rings. The van der Waals surface area contributed by atoms with Crippen molar-refractivity contribution in [2.45, 2.75) is 11.5 Å². The molecule has 0 radical (unpaired) electrons. The summed E-state index contributed by atoms with van der Waals surface area (Å²) in [6, 6.07) is 6.41. The van der Waals surface area contributed by atoms with E-state index < -0.39 is 15.8 Å². The first kappa shape index (κ1) is 13.0. The first-order valence-electron chi connectivity index (χ1n) is 4.98. The predicted octanol–water partition coefficient (Wildman–Crippen LogP) is 2.18. The van der Waals surface area contributed by atoms with Crippen LogP contribution in [0.15, 0.2) is 40.6 Å². The summed E-state index contributed by atoms with van der Waals surface area (Å²) in [5.41, 5.74) is 0.270. The van der Waals surface area contributed by atoms with Crippen molar-refractivity contribution in [1.82, 2.24) is 0 Å². The van der Waals surface area contributed by atoms with Crippen molar-refractivity contribution in [2.75, 3.05) is 4.72 Å². The van der Waals surface area contributed by atoms with Gasteiger partial charge in [0.2, 0.25) is 0 Å². The van der Waals surface area contributed by atoms with E-state index in [1.54, 1.807) is 5.38 Å². The van der Waals surface area contributed by atoms with E-state index >= 15 is 0 Å². The molecule has 2 aromatic rings. The number of thiophene rings is 1. The maximum Gasteiger partial charge on any atom is 0.263 e. The Balaban J connectivity index is 2.30. The highest BCUT2D eigenvalue weighted by Crippen LogP contribution is 2.24. The van der Waals surface area contributed by atoms with Crippen LogP contribution in [0, 0.1) is 5.82 Å². The second-order valence-corrected chi connectivity index (χ2v) is 6.13. The van der Waals surface area contributed by atoms with Crippen LogP contribution in [0.4, 0.5) is 10.1 Å². The molecule has 7 heteroatoms. The minimum absolute atomic E-state index is 0.0410. The van der Waals surface area contributed by atoms with E-state index in [9.17, 15) is 12.8 Å². The van der Waals surface area contributed by atoms with Crippen LogP contribution in [0.2, 0.25) is 0 Å². The Morgan fingerprint density at radius 3 is 2.50 bits per heavy atom. The standard InChI is InChI=1S/C11H10FNO3S2/c12-8-1-3-9(4-2-8)13-18(15,16)11-5-6-17-10(11)7-14/h1-6,13-14H,7H2. The lowest BCUT2D eigenvalue weighted by atomic mass is 10.3. The second-order valence-electron chi connectivity index (χ2n) is 3.48. The summed E-state index contributed by atoms with van der Waals surface area (Å²) in [7, 11) is -3.75. The highest BCUT2D eigenvalue weighted by Gasteiger charge is 2.19. The smallest absolute Gasteiger partial charge is 0.263 e. The quantitative estimate of drug-likeness (QED) is 0.905. The number of nitrogens with one attached hydrogen (secondary N) is 1. The van der Waals surface area contributed by atoms with Crippen molar-refractivity contribution in [3.63, 3.8) is 0 Å². The number of benzene rings is 1. The number of sulfonamides is 1. The number of anilines is 1. The average Bonchev–Trinajstić information content (AvgIpc) is 2.81. The van der Waals surface area contributed by atoms with E-state index in [4.69, 9.17) is 5.11 Å². The van der Waals surface area contributed by atoms with Crippen LogP contribution in [0.25, 0.3) is 0 Å². The minimum atomic E-state index is -3.75. The fraction of sp³-hybridized carbons (Fsp3) is 0.0909. The second kappa shape index (κ2) is 5.05. The van der Waals surface area contributed by atoms with Gasteiger partial charge in [-0.1, -0.05) is 0 Å². The van der Waals surface area contributed by atoms with Crippen LogP contribution in [0.3, 0.4) is 0 Å². The molecular weight excluding hydrogens is 277 g/mol. The Morgan fingerprint density at radius 2 is 1.89 bits per heavy atom. The molecule has 0 amide bonds. The molecule has 0 saturated carbocycles. The van der Waals surface area contributed by atoms with Crippen molar-refractivity contribution in [3.05, 3.63) is 46.4 Å². The topological polar surface area (TPSA) is 66.4 Å². The zero-order chi connectivity index (χ0) is 13.2. The number of aliphatic hydroxyl groups excluding tert-OH is 1. The van der Waals surface area contributed by atoms with Crippen LogP contribution in [-0.2, 0) is 16.6 Å². The molecule has 0 atom stereocenters. The molecule has 0 aliphatic carbocycles. The first-order valence-corrected chi connectivity index (χ1v) is 7.35. The van der Waals surface area contributed by atoms with Gasteiger partial charge in [0.05, 0.1) is 11.5 Å². The van der Waals surface area contributed by atoms with Gasteiger partial charge in [-0.3, -0.25) is 4.72 Å². The van der Waals surface area contributed by atoms with E-state index in [2.05, 4.69) is 4.72 Å². The molecule has 2 rings (SSSR count). The maximum absolute atomic E-state index is 12.7. The van der Waals surface area contributed by atoms with E-state index in [0.717, 1.165) is 11.3 Å². The van der Waals surface area contributed by atoms with Crippen LogP contribution >= 0.6 is 11.3 Å². The molecule has 0 aliphatic heterocycles. The number of aliphatic hydroxyl groups is 1. The number of rotatable bonds is 4. The Morgan fingerprint density at radius 1 is 1.22 bits per heavy atom. The Labute approximate surface area is 108 Å². The summed E-state index contributed by atoms with van der Waals surface area (Å²) in [4.78, 5) is 0.406. The minimum Gasteiger partial charge on any atom is -0.391 e. The third-order valence-electron chi connectivity index (χ3n) is 2.23. The van der Waals surface area contributed by atoms with Gasteiger partial charge >= 0.3 is 0 Å². The van der Waals surface area contributed by atoms with Crippen LogP contribution in [-0.4, -0.2) is 13.5 Å². The molecule has 0 spiro atoms. The molecular formula is C11H10FNO3S2. The summed E-state index contributed by atoms with van der Waals surface area (Å²) in [5, 5.41) is 10.6. The molecule has 96 valence electrons. The van der Waals surface area contributed by atoms with Crippen molar-refractivity contribution >= 4 is 27.0 Å². The summed E-state index contributed by atoms with van der Waals surface area (Å²) >= 11 is 1.16. The van der Waals surface area contributed by atoms with Crippen molar-refractivity contribution in [2.24, 2.45) is 0 Å². The molecule has 1 heterocycles. The lowest BCUT2D eigenvalue weighted by molar-refractivity contribution is 0.282. The molecule has 1 aromatic carbocycles. The molecule has 0 unspecified atom stereocenters. The van der Waals surface area contributed by atoms with Gasteiger partial charge in [-0.15, -0.1) is 11.3 Å². The van der Waals surface area contributed by atoms with Crippen LogP contribution < -0.4 is 4.72 Å². The van der Waals surface area contributed by atoms with Gasteiger partial charge in [-0.25, -0.2) is 12.8 Å². The van der Waals surface area contributed by atoms with Gasteiger partial charge in [0.25, 0.3) is 10.0 Å². The largest absolute Gasteiger partial charge is 0.391 e. The van der Waals surface area contributed by atoms with E-state index in [1.165, 1.54) is 30.3 Å². The number of hydrogen-bond acceptors (Lipinski definition) is 4. The van der Waals surface area contributed by atoms with Crippen molar-refractivity contribution in [1.29, 1.82) is 0 Å². The Bertz CT molecular complexity index is 635. The fourth-order valence-corrected chi connectivity index (χ4v) is 3.77. The molecule has 2 N–H and O–H groups in total. The monoisotopic (exact) mass is 287 g/mol. The van der Waals surface area contributed by atoms with Crippen molar-refractivity contribution in [3.8, 4) is 0 Å². The molecule has 0 aliphatic rings. The maximum atomic E-state index is 12.7. The summed E-state index contributed by atoms with van der Waals surface area (Å²) in [6.45, 7) is -0.336. The molecule has 0 saturated heterocycles. The third kappa shape index (κ3) is 2.69. The highest BCUT2D eigenvalue weighted by atomic mass is 32.2. The summed E-state index contributed by atoms with van der Waals surface area (Å²) in [6.07, 6.45) is 0. The fourth-order valence-electron chi connectivity index (χ4n) is 1.41. The molecule has 18 heavy (non-hydrogen) atoms. The SMILES string of the molecule is O=S(=O)(Nc1ccc(F)cc1)c1ccsc1CO. The van der Waals surface area contributed by atoms with E-state index in [-0.39, 0.29) is 17.2 Å². The normalized spacial score (nSPS) is 11.4. The summed E-state index contributed by atoms with van der Waals surface area (Å²) < 4.78 is 39.1. The van der Waals surface area contributed by atoms with Gasteiger partial charge < -0.3 is 5.11 Å². The molecule has 0 bridgehead atoms. The Kier molecular flexibility index (Phi) is 3.65. The van der Waals surface area contributed by atoms with Gasteiger partial charge in [0.1, 0.15) is 10.7 Å².